The minimum atomic E-state index is -0.404. The van der Waals surface area contributed by atoms with E-state index in [1.165, 1.54) is 12.1 Å². The van der Waals surface area contributed by atoms with Crippen molar-refractivity contribution >= 4 is 11.7 Å². The number of hydrogen-bond acceptors (Lipinski definition) is 6. The number of pyridine rings is 2. The number of halogens is 1. The van der Waals surface area contributed by atoms with Crippen molar-refractivity contribution in [2.24, 2.45) is 0 Å². The third-order valence-electron chi connectivity index (χ3n) is 4.56. The predicted octanol–water partition coefficient (Wildman–Crippen LogP) is 3.51. The number of benzene rings is 1. The first kappa shape index (κ1) is 20.1. The van der Waals surface area contributed by atoms with Crippen molar-refractivity contribution in [3.63, 3.8) is 0 Å². The van der Waals surface area contributed by atoms with Crippen LogP contribution in [0.5, 0.6) is 5.75 Å². The van der Waals surface area contributed by atoms with Gasteiger partial charge in [-0.05, 0) is 55.5 Å². The van der Waals surface area contributed by atoms with Crippen LogP contribution >= 0.6 is 0 Å². The second-order valence-electron chi connectivity index (χ2n) is 6.62. The molecule has 0 unspecified atom stereocenters. The van der Waals surface area contributed by atoms with E-state index in [0.717, 1.165) is 0 Å². The normalized spacial score (nSPS) is 10.6. The molecule has 3 heterocycles. The van der Waals surface area contributed by atoms with Crippen LogP contribution in [0.25, 0.3) is 11.3 Å². The fourth-order valence-electron chi connectivity index (χ4n) is 2.95. The van der Waals surface area contributed by atoms with Crippen LogP contribution in [0.4, 0.5) is 10.2 Å². The van der Waals surface area contributed by atoms with E-state index in [-0.39, 0.29) is 11.5 Å². The molecule has 0 bridgehead atoms. The molecule has 0 spiro atoms. The Balaban J connectivity index is 1.43. The summed E-state index contributed by atoms with van der Waals surface area (Å²) in [5, 5.41) is 10.9. The highest BCUT2D eigenvalue weighted by Gasteiger charge is 2.18. The minimum Gasteiger partial charge on any atom is -0.492 e. The summed E-state index contributed by atoms with van der Waals surface area (Å²) < 4.78 is 20.2. The summed E-state index contributed by atoms with van der Waals surface area (Å²) in [4.78, 5) is 21.4. The summed E-state index contributed by atoms with van der Waals surface area (Å²) in [7, 11) is 0. The average Bonchev–Trinajstić information content (AvgIpc) is 3.15. The molecule has 0 saturated heterocycles. The molecule has 8 nitrogen and oxygen atoms in total. The molecule has 4 rings (SSSR count). The molecule has 1 aromatic carbocycles. The third-order valence-corrected chi connectivity index (χ3v) is 4.56. The highest BCUT2D eigenvalue weighted by atomic mass is 19.1. The summed E-state index contributed by atoms with van der Waals surface area (Å²) >= 11 is 0. The summed E-state index contributed by atoms with van der Waals surface area (Å²) in [6, 6.07) is 14.8. The lowest BCUT2D eigenvalue weighted by molar-refractivity contribution is 0.102. The molecular formula is C22H19FN6O2. The Morgan fingerprint density at radius 2 is 1.87 bits per heavy atom. The molecule has 4 aromatic rings. The van der Waals surface area contributed by atoms with E-state index in [2.05, 4.69) is 25.6 Å². The van der Waals surface area contributed by atoms with Gasteiger partial charge in [0.25, 0.3) is 5.91 Å². The fraction of sp³-hybridized carbons (Fsp3) is 0.136. The third kappa shape index (κ3) is 4.72. The van der Waals surface area contributed by atoms with Crippen LogP contribution in [0.3, 0.4) is 0 Å². The number of nitrogens with one attached hydrogen (secondary N) is 1. The summed E-state index contributed by atoms with van der Waals surface area (Å²) in [5.41, 5.74) is 2.19. The van der Waals surface area contributed by atoms with Gasteiger partial charge in [-0.2, -0.15) is 0 Å². The van der Waals surface area contributed by atoms with Crippen molar-refractivity contribution in [3.8, 4) is 17.0 Å². The maximum Gasteiger partial charge on any atom is 0.276 e. The molecular weight excluding hydrogens is 399 g/mol. The topological polar surface area (TPSA) is 94.8 Å². The monoisotopic (exact) mass is 418 g/mol. The number of carbonyl (C=O) groups excluding carboxylic acids is 1. The molecule has 9 heteroatoms. The Hall–Kier alpha value is -4.14. The van der Waals surface area contributed by atoms with Gasteiger partial charge in [0.05, 0.1) is 17.9 Å². The number of hydrogen-bond donors (Lipinski definition) is 1. The van der Waals surface area contributed by atoms with Crippen molar-refractivity contribution in [1.82, 2.24) is 25.0 Å². The molecule has 0 atom stereocenters. The Kier molecular flexibility index (Phi) is 5.93. The SMILES string of the molecule is Cc1c(NC(=O)c2ncccc2-c2ccccn2)nnn1CCOc1ccc(F)cc1. The first-order chi connectivity index (χ1) is 15.1. The van der Waals surface area contributed by atoms with Gasteiger partial charge < -0.3 is 10.1 Å². The molecule has 0 aliphatic rings. The van der Waals surface area contributed by atoms with Crippen LogP contribution in [0.15, 0.2) is 67.0 Å². The van der Waals surface area contributed by atoms with Crippen LogP contribution in [0.2, 0.25) is 0 Å². The first-order valence-corrected chi connectivity index (χ1v) is 9.58. The maximum atomic E-state index is 13.0. The minimum absolute atomic E-state index is 0.245. The van der Waals surface area contributed by atoms with Crippen molar-refractivity contribution in [1.29, 1.82) is 0 Å². The molecule has 0 radical (unpaired) electrons. The molecule has 0 aliphatic heterocycles. The van der Waals surface area contributed by atoms with Gasteiger partial charge in [0.2, 0.25) is 0 Å². The van der Waals surface area contributed by atoms with Gasteiger partial charge in [0.1, 0.15) is 23.9 Å². The number of amides is 1. The number of aromatic nitrogens is 5. The second-order valence-corrected chi connectivity index (χ2v) is 6.62. The van der Waals surface area contributed by atoms with Crippen LogP contribution in [0, 0.1) is 12.7 Å². The van der Waals surface area contributed by atoms with Gasteiger partial charge in [-0.3, -0.25) is 14.8 Å². The smallest absolute Gasteiger partial charge is 0.276 e. The molecule has 0 saturated carbocycles. The van der Waals surface area contributed by atoms with Crippen molar-refractivity contribution in [3.05, 3.63) is 84.2 Å². The van der Waals surface area contributed by atoms with E-state index >= 15 is 0 Å². The quantitative estimate of drug-likeness (QED) is 0.494. The van der Waals surface area contributed by atoms with E-state index in [1.807, 2.05) is 12.1 Å². The summed E-state index contributed by atoms with van der Waals surface area (Å²) in [5.74, 6) is 0.173. The van der Waals surface area contributed by atoms with E-state index in [1.54, 1.807) is 54.3 Å². The first-order valence-electron chi connectivity index (χ1n) is 9.58. The average molecular weight is 418 g/mol. The molecule has 1 N–H and O–H groups in total. The zero-order valence-corrected chi connectivity index (χ0v) is 16.7. The second kappa shape index (κ2) is 9.12. The largest absolute Gasteiger partial charge is 0.492 e. The molecule has 3 aromatic heterocycles. The highest BCUT2D eigenvalue weighted by molar-refractivity contribution is 6.06. The molecule has 1 amide bonds. The Morgan fingerprint density at radius 3 is 2.65 bits per heavy atom. The van der Waals surface area contributed by atoms with Crippen LogP contribution in [-0.2, 0) is 6.54 Å². The summed E-state index contributed by atoms with van der Waals surface area (Å²) in [6.45, 7) is 2.52. The van der Waals surface area contributed by atoms with E-state index < -0.39 is 5.91 Å². The van der Waals surface area contributed by atoms with Crippen molar-refractivity contribution < 1.29 is 13.9 Å². The van der Waals surface area contributed by atoms with E-state index in [0.29, 0.717) is 41.7 Å². The summed E-state index contributed by atoms with van der Waals surface area (Å²) in [6.07, 6.45) is 3.21. The fourth-order valence-corrected chi connectivity index (χ4v) is 2.95. The zero-order chi connectivity index (χ0) is 21.6. The molecule has 0 fully saturated rings. The maximum absolute atomic E-state index is 13.0. The Labute approximate surface area is 177 Å². The van der Waals surface area contributed by atoms with Gasteiger partial charge in [0.15, 0.2) is 5.82 Å². The predicted molar refractivity (Wildman–Crippen MR) is 112 cm³/mol. The van der Waals surface area contributed by atoms with E-state index in [9.17, 15) is 9.18 Å². The lowest BCUT2D eigenvalue weighted by Crippen LogP contribution is -2.16. The number of nitrogens with zero attached hydrogens (tertiary/aromatic N) is 5. The number of rotatable bonds is 7. The number of carbonyl (C=O) groups is 1. The van der Waals surface area contributed by atoms with Gasteiger partial charge in [-0.15, -0.1) is 5.10 Å². The van der Waals surface area contributed by atoms with Crippen LogP contribution in [0.1, 0.15) is 16.2 Å². The Bertz CT molecular complexity index is 1180. The van der Waals surface area contributed by atoms with E-state index in [4.69, 9.17) is 4.74 Å². The van der Waals surface area contributed by atoms with Gasteiger partial charge in [-0.1, -0.05) is 11.3 Å². The standard InChI is InChI=1S/C22H19FN6O2/c1-15-21(27-28-29(15)13-14-31-17-9-7-16(23)8-10-17)26-22(30)20-18(5-4-12-25-20)19-6-2-3-11-24-19/h2-12H,13-14H2,1H3,(H,26,30). The lowest BCUT2D eigenvalue weighted by atomic mass is 10.1. The zero-order valence-electron chi connectivity index (χ0n) is 16.7. The number of anilines is 1. The van der Waals surface area contributed by atoms with Gasteiger partial charge in [0, 0.05) is 18.0 Å². The molecule has 156 valence electrons. The van der Waals surface area contributed by atoms with Gasteiger partial charge >= 0.3 is 0 Å². The van der Waals surface area contributed by atoms with Crippen LogP contribution < -0.4 is 10.1 Å². The van der Waals surface area contributed by atoms with Gasteiger partial charge in [-0.25, -0.2) is 9.07 Å². The highest BCUT2D eigenvalue weighted by Crippen LogP contribution is 2.21. The number of ether oxygens (including phenoxy) is 1. The Morgan fingerprint density at radius 1 is 1.06 bits per heavy atom. The van der Waals surface area contributed by atoms with Crippen LogP contribution in [-0.4, -0.2) is 37.5 Å². The lowest BCUT2D eigenvalue weighted by Gasteiger charge is -2.09. The van der Waals surface area contributed by atoms with Crippen molar-refractivity contribution in [2.75, 3.05) is 11.9 Å². The molecule has 31 heavy (non-hydrogen) atoms. The van der Waals surface area contributed by atoms with Crippen molar-refractivity contribution in [2.45, 2.75) is 13.5 Å². The molecule has 0 aliphatic carbocycles.